The fourth-order valence-electron chi connectivity index (χ4n) is 0.594. The molecule has 0 saturated carbocycles. The number of rotatable bonds is 6. The lowest BCUT2D eigenvalue weighted by Gasteiger charge is -2.04. The van der Waals surface area contributed by atoms with E-state index in [0.29, 0.717) is 6.54 Å². The van der Waals surface area contributed by atoms with Gasteiger partial charge in [-0.15, -0.1) is 0 Å². The van der Waals surface area contributed by atoms with Gasteiger partial charge in [-0.2, -0.15) is 11.8 Å². The van der Waals surface area contributed by atoms with Crippen molar-refractivity contribution in [2.45, 2.75) is 20.3 Å². The van der Waals surface area contributed by atoms with Crippen LogP contribution in [-0.2, 0) is 0 Å². The van der Waals surface area contributed by atoms with Gasteiger partial charge in [0.1, 0.15) is 0 Å². The van der Waals surface area contributed by atoms with Crippen LogP contribution in [0.2, 0.25) is 0 Å². The molecule has 0 amide bonds. The summed E-state index contributed by atoms with van der Waals surface area (Å²) in [6, 6.07) is 0. The molecule has 0 aliphatic carbocycles. The largest absolute Gasteiger partial charge is 0.327 e. The van der Waals surface area contributed by atoms with E-state index in [4.69, 9.17) is 5.73 Å². The number of hydrogen-bond acceptors (Lipinski definition) is 2. The molecule has 0 bridgehead atoms. The Morgan fingerprint density at radius 3 is 2.64 bits per heavy atom. The van der Waals surface area contributed by atoms with Gasteiger partial charge in [0, 0.05) is 12.3 Å². The van der Waals surface area contributed by atoms with E-state index in [-0.39, 0.29) is 0 Å². The molecule has 0 aromatic rings. The summed E-state index contributed by atoms with van der Waals surface area (Å²) in [7, 11) is 0. The fraction of sp³-hybridized carbons (Fsp3) is 0.778. The molecule has 2 N–H and O–H groups in total. The van der Waals surface area contributed by atoms with Crippen LogP contribution in [-0.4, -0.2) is 18.1 Å². The van der Waals surface area contributed by atoms with E-state index in [1.807, 2.05) is 11.8 Å². The molecule has 2 heteroatoms. The van der Waals surface area contributed by atoms with E-state index >= 15 is 0 Å². The Morgan fingerprint density at radius 1 is 1.55 bits per heavy atom. The van der Waals surface area contributed by atoms with Crippen molar-refractivity contribution < 1.29 is 0 Å². The first-order chi connectivity index (χ1) is 5.16. The van der Waals surface area contributed by atoms with Crippen LogP contribution in [0.1, 0.15) is 20.3 Å². The monoisotopic (exact) mass is 173 g/mol. The summed E-state index contributed by atoms with van der Waals surface area (Å²) < 4.78 is 0. The minimum absolute atomic E-state index is 0.634. The third kappa shape index (κ3) is 7.95. The van der Waals surface area contributed by atoms with Crippen LogP contribution in [0.3, 0.4) is 0 Å². The first kappa shape index (κ1) is 11.1. The summed E-state index contributed by atoms with van der Waals surface area (Å²) in [4.78, 5) is 0. The molecule has 0 aliphatic heterocycles. The summed E-state index contributed by atoms with van der Waals surface area (Å²) in [6.07, 6.45) is 1.29. The second kappa shape index (κ2) is 6.74. The van der Waals surface area contributed by atoms with Gasteiger partial charge < -0.3 is 5.73 Å². The molecular weight excluding hydrogens is 154 g/mol. The number of hydrogen-bond donors (Lipinski definition) is 1. The number of nitrogens with two attached hydrogens (primary N) is 1. The van der Waals surface area contributed by atoms with Crippen molar-refractivity contribution in [1.82, 2.24) is 0 Å². The molecule has 0 aromatic heterocycles. The van der Waals surface area contributed by atoms with Crippen molar-refractivity contribution in [1.29, 1.82) is 0 Å². The van der Waals surface area contributed by atoms with Crippen LogP contribution in [0.15, 0.2) is 12.2 Å². The van der Waals surface area contributed by atoms with E-state index in [1.54, 1.807) is 0 Å². The van der Waals surface area contributed by atoms with Gasteiger partial charge in [0.15, 0.2) is 0 Å². The highest BCUT2D eigenvalue weighted by atomic mass is 32.2. The molecule has 0 aromatic carbocycles. The zero-order chi connectivity index (χ0) is 8.69. The highest BCUT2D eigenvalue weighted by Gasteiger charge is 1.95. The van der Waals surface area contributed by atoms with Crippen molar-refractivity contribution in [3.05, 3.63) is 12.2 Å². The molecule has 66 valence electrons. The molecule has 0 radical (unpaired) electrons. The summed E-state index contributed by atoms with van der Waals surface area (Å²) in [5.74, 6) is 3.08. The maximum Gasteiger partial charge on any atom is 0.0153 e. The lowest BCUT2D eigenvalue weighted by atomic mass is 10.2. The maximum atomic E-state index is 5.40. The normalized spacial score (nSPS) is 10.5. The highest BCUT2D eigenvalue weighted by molar-refractivity contribution is 7.99. The van der Waals surface area contributed by atoms with Crippen molar-refractivity contribution in [3.63, 3.8) is 0 Å². The summed E-state index contributed by atoms with van der Waals surface area (Å²) in [6.45, 7) is 8.97. The molecular formula is C9H19NS. The Balaban J connectivity index is 3.08. The quantitative estimate of drug-likeness (QED) is 0.492. The zero-order valence-corrected chi connectivity index (χ0v) is 8.41. The van der Waals surface area contributed by atoms with Gasteiger partial charge in [0.2, 0.25) is 0 Å². The van der Waals surface area contributed by atoms with Crippen molar-refractivity contribution in [2.75, 3.05) is 18.1 Å². The molecule has 0 unspecified atom stereocenters. The molecule has 0 rings (SSSR count). The minimum atomic E-state index is 0.634. The Kier molecular flexibility index (Phi) is 6.77. The van der Waals surface area contributed by atoms with Gasteiger partial charge in [0.05, 0.1) is 0 Å². The zero-order valence-electron chi connectivity index (χ0n) is 7.60. The topological polar surface area (TPSA) is 26.0 Å². The van der Waals surface area contributed by atoms with Gasteiger partial charge in [-0.1, -0.05) is 26.0 Å². The first-order valence-electron chi connectivity index (χ1n) is 4.11. The molecule has 0 saturated heterocycles. The van der Waals surface area contributed by atoms with Gasteiger partial charge in [-0.05, 0) is 18.1 Å². The maximum absolute atomic E-state index is 5.40. The molecule has 0 fully saturated rings. The van der Waals surface area contributed by atoms with E-state index in [1.165, 1.54) is 12.2 Å². The minimum Gasteiger partial charge on any atom is -0.327 e. The average molecular weight is 173 g/mol. The molecule has 0 aliphatic rings. The summed E-state index contributed by atoms with van der Waals surface area (Å²) in [5.41, 5.74) is 6.55. The Morgan fingerprint density at radius 2 is 2.18 bits per heavy atom. The molecule has 0 atom stereocenters. The predicted octanol–water partition coefficient (Wildman–Crippen LogP) is 2.28. The van der Waals surface area contributed by atoms with Crippen LogP contribution in [0.4, 0.5) is 0 Å². The highest BCUT2D eigenvalue weighted by Crippen LogP contribution is 2.10. The third-order valence-corrected chi connectivity index (χ3v) is 2.57. The van der Waals surface area contributed by atoms with Gasteiger partial charge in [-0.3, -0.25) is 0 Å². The lowest BCUT2D eigenvalue weighted by molar-refractivity contribution is 0.632. The Labute approximate surface area is 74.4 Å². The molecule has 0 heterocycles. The van der Waals surface area contributed by atoms with Crippen molar-refractivity contribution in [2.24, 2.45) is 11.7 Å². The first-order valence-corrected chi connectivity index (χ1v) is 5.26. The van der Waals surface area contributed by atoms with E-state index in [9.17, 15) is 0 Å². The average Bonchev–Trinajstić information content (AvgIpc) is 1.97. The predicted molar refractivity (Wildman–Crippen MR) is 55.0 cm³/mol. The van der Waals surface area contributed by atoms with Crippen LogP contribution < -0.4 is 5.73 Å². The van der Waals surface area contributed by atoms with Crippen LogP contribution >= 0.6 is 11.8 Å². The fourth-order valence-corrected chi connectivity index (χ4v) is 1.78. The smallest absolute Gasteiger partial charge is 0.0153 e. The Bertz CT molecular complexity index is 110. The third-order valence-electron chi connectivity index (χ3n) is 1.43. The summed E-state index contributed by atoms with van der Waals surface area (Å²) >= 11 is 1.93. The van der Waals surface area contributed by atoms with Crippen molar-refractivity contribution in [3.8, 4) is 0 Å². The SMILES string of the molecule is C=C(CN)CSCCC(C)C. The van der Waals surface area contributed by atoms with E-state index < -0.39 is 0 Å². The van der Waals surface area contributed by atoms with Crippen LogP contribution in [0.5, 0.6) is 0 Å². The van der Waals surface area contributed by atoms with Gasteiger partial charge in [-0.25, -0.2) is 0 Å². The summed E-state index contributed by atoms with van der Waals surface area (Å²) in [5, 5.41) is 0. The van der Waals surface area contributed by atoms with Crippen LogP contribution in [0.25, 0.3) is 0 Å². The number of thioether (sulfide) groups is 1. The van der Waals surface area contributed by atoms with Gasteiger partial charge in [0.25, 0.3) is 0 Å². The van der Waals surface area contributed by atoms with Crippen LogP contribution in [0, 0.1) is 5.92 Å². The second-order valence-corrected chi connectivity index (χ2v) is 4.29. The Hall–Kier alpha value is 0.0500. The van der Waals surface area contributed by atoms with E-state index in [2.05, 4.69) is 20.4 Å². The molecule has 0 spiro atoms. The van der Waals surface area contributed by atoms with Crippen molar-refractivity contribution >= 4 is 11.8 Å². The molecule has 11 heavy (non-hydrogen) atoms. The van der Waals surface area contributed by atoms with E-state index in [0.717, 1.165) is 17.2 Å². The molecule has 1 nitrogen and oxygen atoms in total. The van der Waals surface area contributed by atoms with Gasteiger partial charge >= 0.3 is 0 Å². The second-order valence-electron chi connectivity index (χ2n) is 3.19. The standard InChI is InChI=1S/C9H19NS/c1-8(2)4-5-11-7-9(3)6-10/h8H,3-7,10H2,1-2H3. The lowest BCUT2D eigenvalue weighted by Crippen LogP contribution is -2.04.